The third-order valence-electron chi connectivity index (χ3n) is 3.62. The number of nitrogens with zero attached hydrogens (tertiary/aromatic N) is 6. The fraction of sp³-hybridized carbons (Fsp3) is 0.462. The Morgan fingerprint density at radius 2 is 2.24 bits per heavy atom. The molecule has 1 unspecified atom stereocenters. The maximum absolute atomic E-state index is 12.4. The van der Waals surface area contributed by atoms with Crippen LogP contribution in [0.15, 0.2) is 18.3 Å². The molecule has 1 saturated heterocycles. The zero-order valence-corrected chi connectivity index (χ0v) is 12.0. The minimum absolute atomic E-state index is 0.0436. The van der Waals surface area contributed by atoms with Crippen molar-refractivity contribution in [2.75, 3.05) is 25.5 Å². The van der Waals surface area contributed by atoms with Crippen LogP contribution in [0.4, 0.5) is 5.82 Å². The third kappa shape index (κ3) is 2.56. The average Bonchev–Trinajstić information content (AvgIpc) is 3.18. The first-order chi connectivity index (χ1) is 10.2. The molecule has 21 heavy (non-hydrogen) atoms. The highest BCUT2D eigenvalue weighted by molar-refractivity contribution is 5.92. The number of aromatic nitrogens is 5. The van der Waals surface area contributed by atoms with Crippen LogP contribution >= 0.6 is 0 Å². The van der Waals surface area contributed by atoms with Gasteiger partial charge in [-0.3, -0.25) is 4.79 Å². The molecule has 8 heteroatoms. The number of anilines is 1. The maximum atomic E-state index is 12.4. The predicted molar refractivity (Wildman–Crippen MR) is 75.8 cm³/mol. The summed E-state index contributed by atoms with van der Waals surface area (Å²) in [6.07, 6.45) is 3.28. The minimum atomic E-state index is -0.121. The van der Waals surface area contributed by atoms with Crippen molar-refractivity contribution in [1.82, 2.24) is 30.5 Å². The summed E-state index contributed by atoms with van der Waals surface area (Å²) in [5.74, 6) is 0.677. The molecule has 1 N–H and O–H groups in total. The summed E-state index contributed by atoms with van der Waals surface area (Å²) < 4.78 is 0. The molecule has 110 valence electrons. The molecule has 0 bridgehead atoms. The van der Waals surface area contributed by atoms with Gasteiger partial charge in [0.1, 0.15) is 0 Å². The topological polar surface area (TPSA) is 90.9 Å². The number of carbonyl (C=O) groups is 1. The zero-order chi connectivity index (χ0) is 14.8. The monoisotopic (exact) mass is 287 g/mol. The number of rotatable bonds is 3. The number of hydrogen-bond donors (Lipinski definition) is 1. The van der Waals surface area contributed by atoms with Gasteiger partial charge < -0.3 is 9.80 Å². The van der Waals surface area contributed by atoms with E-state index < -0.39 is 0 Å². The zero-order valence-electron chi connectivity index (χ0n) is 12.0. The lowest BCUT2D eigenvalue weighted by Gasteiger charge is -2.23. The summed E-state index contributed by atoms with van der Waals surface area (Å²) in [5.41, 5.74) is 1.15. The summed E-state index contributed by atoms with van der Waals surface area (Å²) >= 11 is 0. The molecule has 1 amide bonds. The van der Waals surface area contributed by atoms with Crippen LogP contribution in [0.2, 0.25) is 0 Å². The highest BCUT2D eigenvalue weighted by Crippen LogP contribution is 2.31. The molecule has 0 saturated carbocycles. The van der Waals surface area contributed by atoms with Crippen molar-refractivity contribution in [3.63, 3.8) is 0 Å². The number of hydrogen-bond acceptors (Lipinski definition) is 6. The molecular weight excluding hydrogens is 270 g/mol. The van der Waals surface area contributed by atoms with Crippen LogP contribution in [0.1, 0.15) is 35.1 Å². The van der Waals surface area contributed by atoms with Crippen LogP contribution in [0.3, 0.4) is 0 Å². The molecule has 1 aliphatic rings. The average molecular weight is 287 g/mol. The highest BCUT2D eigenvalue weighted by atomic mass is 16.2. The van der Waals surface area contributed by atoms with Gasteiger partial charge in [0.2, 0.25) is 0 Å². The first-order valence-corrected chi connectivity index (χ1v) is 6.84. The van der Waals surface area contributed by atoms with Crippen molar-refractivity contribution < 1.29 is 4.79 Å². The molecule has 1 fully saturated rings. The molecule has 8 nitrogen and oxygen atoms in total. The van der Waals surface area contributed by atoms with E-state index in [0.29, 0.717) is 12.2 Å². The van der Waals surface area contributed by atoms with Gasteiger partial charge in [0.15, 0.2) is 11.5 Å². The van der Waals surface area contributed by atoms with E-state index in [1.54, 1.807) is 4.90 Å². The summed E-state index contributed by atoms with van der Waals surface area (Å²) in [6, 6.07) is 3.80. The molecule has 3 rings (SSSR count). The number of likely N-dealkylation sites (tertiary alicyclic amines) is 1. The Balaban J connectivity index is 1.82. The van der Waals surface area contributed by atoms with Gasteiger partial charge in [0.25, 0.3) is 5.91 Å². The lowest BCUT2D eigenvalue weighted by molar-refractivity contribution is 0.0726. The lowest BCUT2D eigenvalue weighted by atomic mass is 10.1. The number of amides is 1. The van der Waals surface area contributed by atoms with Crippen LogP contribution < -0.4 is 4.90 Å². The molecule has 3 heterocycles. The van der Waals surface area contributed by atoms with E-state index >= 15 is 0 Å². The van der Waals surface area contributed by atoms with Gasteiger partial charge in [-0.25, -0.2) is 0 Å². The Hall–Kier alpha value is -2.51. The SMILES string of the molecule is CN(C)c1ccc(C2CCCN2C(=O)c2cn[nH]n2)nn1. The second-order valence-corrected chi connectivity index (χ2v) is 5.22. The summed E-state index contributed by atoms with van der Waals surface area (Å²) in [7, 11) is 3.83. The van der Waals surface area contributed by atoms with Gasteiger partial charge in [-0.05, 0) is 25.0 Å². The van der Waals surface area contributed by atoms with Gasteiger partial charge in [-0.15, -0.1) is 5.10 Å². The smallest absolute Gasteiger partial charge is 0.276 e. The molecule has 2 aromatic rings. The van der Waals surface area contributed by atoms with Crippen LogP contribution in [0, 0.1) is 0 Å². The van der Waals surface area contributed by atoms with E-state index in [4.69, 9.17) is 0 Å². The van der Waals surface area contributed by atoms with Gasteiger partial charge in [-0.2, -0.15) is 20.5 Å². The molecule has 2 aromatic heterocycles. The third-order valence-corrected chi connectivity index (χ3v) is 3.62. The van der Waals surface area contributed by atoms with Crippen molar-refractivity contribution in [3.8, 4) is 0 Å². The first-order valence-electron chi connectivity index (χ1n) is 6.84. The Labute approximate surface area is 122 Å². The largest absolute Gasteiger partial charge is 0.361 e. The van der Waals surface area contributed by atoms with Gasteiger partial charge in [0, 0.05) is 20.6 Å². The Kier molecular flexibility index (Phi) is 3.51. The quantitative estimate of drug-likeness (QED) is 0.890. The Morgan fingerprint density at radius 1 is 1.38 bits per heavy atom. The summed E-state index contributed by atoms with van der Waals surface area (Å²) in [5, 5.41) is 18.5. The van der Waals surface area contributed by atoms with E-state index in [9.17, 15) is 4.79 Å². The van der Waals surface area contributed by atoms with Crippen molar-refractivity contribution >= 4 is 11.7 Å². The molecule has 1 aliphatic heterocycles. The van der Waals surface area contributed by atoms with Crippen LogP contribution in [0.25, 0.3) is 0 Å². The van der Waals surface area contributed by atoms with Crippen molar-refractivity contribution in [2.45, 2.75) is 18.9 Å². The van der Waals surface area contributed by atoms with E-state index in [2.05, 4.69) is 25.6 Å². The van der Waals surface area contributed by atoms with Crippen LogP contribution in [0.5, 0.6) is 0 Å². The maximum Gasteiger partial charge on any atom is 0.276 e. The van der Waals surface area contributed by atoms with Gasteiger partial charge >= 0.3 is 0 Å². The number of nitrogens with one attached hydrogen (secondary N) is 1. The predicted octanol–water partition coefficient (Wildman–Crippen LogP) is 0.638. The Morgan fingerprint density at radius 3 is 2.86 bits per heavy atom. The van der Waals surface area contributed by atoms with E-state index in [-0.39, 0.29) is 11.9 Å². The van der Waals surface area contributed by atoms with E-state index in [1.807, 2.05) is 31.1 Å². The fourth-order valence-corrected chi connectivity index (χ4v) is 2.52. The normalized spacial score (nSPS) is 18.0. The number of aromatic amines is 1. The van der Waals surface area contributed by atoms with Gasteiger partial charge in [-0.1, -0.05) is 0 Å². The second-order valence-electron chi connectivity index (χ2n) is 5.22. The molecule has 0 aliphatic carbocycles. The molecule has 1 atom stereocenters. The fourth-order valence-electron chi connectivity index (χ4n) is 2.52. The minimum Gasteiger partial charge on any atom is -0.361 e. The van der Waals surface area contributed by atoms with Gasteiger partial charge in [0.05, 0.1) is 17.9 Å². The highest BCUT2D eigenvalue weighted by Gasteiger charge is 2.32. The van der Waals surface area contributed by atoms with E-state index in [0.717, 1.165) is 24.4 Å². The van der Waals surface area contributed by atoms with Crippen LogP contribution in [-0.2, 0) is 0 Å². The summed E-state index contributed by atoms with van der Waals surface area (Å²) in [4.78, 5) is 16.1. The molecular formula is C13H17N7O. The second kappa shape index (κ2) is 5.47. The molecule has 0 spiro atoms. The van der Waals surface area contributed by atoms with Crippen LogP contribution in [-0.4, -0.2) is 57.1 Å². The van der Waals surface area contributed by atoms with E-state index in [1.165, 1.54) is 6.20 Å². The van der Waals surface area contributed by atoms with Crippen molar-refractivity contribution in [1.29, 1.82) is 0 Å². The molecule has 0 aromatic carbocycles. The van der Waals surface area contributed by atoms with Crippen molar-refractivity contribution in [2.24, 2.45) is 0 Å². The Bertz CT molecular complexity index is 608. The number of carbonyl (C=O) groups excluding carboxylic acids is 1. The standard InChI is InChI=1S/C13H17N7O/c1-19(2)12-6-5-9(15-17-12)11-4-3-7-20(11)13(21)10-8-14-18-16-10/h5-6,8,11H,3-4,7H2,1-2H3,(H,14,16,18). The first kappa shape index (κ1) is 13.5. The summed E-state index contributed by atoms with van der Waals surface area (Å²) in [6.45, 7) is 0.702. The lowest BCUT2D eigenvalue weighted by Crippen LogP contribution is -2.31. The molecule has 0 radical (unpaired) electrons. The van der Waals surface area contributed by atoms with Crippen molar-refractivity contribution in [3.05, 3.63) is 29.7 Å². The number of H-pyrrole nitrogens is 1.